The lowest BCUT2D eigenvalue weighted by atomic mass is 9.98. The highest BCUT2D eigenvalue weighted by atomic mass is 16.5. The highest BCUT2D eigenvalue weighted by molar-refractivity contribution is 5.73. The molecule has 0 spiro atoms. The van der Waals surface area contributed by atoms with Crippen LogP contribution in [0.4, 0.5) is 5.95 Å². The van der Waals surface area contributed by atoms with Crippen LogP contribution in [0.1, 0.15) is 25.3 Å². The Labute approximate surface area is 112 Å². The molecule has 1 saturated heterocycles. The highest BCUT2D eigenvalue weighted by Crippen LogP contribution is 2.21. The standard InChI is InChI=1S/C13H16N4O2/c1-2-19-12(18)11-4-3-5-17(9-11)13-15-7-10(6-14)8-16-13/h7-8,11H,2-5,9H2,1H3/t11-/m1/s1. The Morgan fingerprint density at radius 1 is 1.58 bits per heavy atom. The molecule has 6 nitrogen and oxygen atoms in total. The monoisotopic (exact) mass is 260 g/mol. The molecular formula is C13H16N4O2. The minimum atomic E-state index is -0.152. The lowest BCUT2D eigenvalue weighted by molar-refractivity contribution is -0.148. The summed E-state index contributed by atoms with van der Waals surface area (Å²) in [4.78, 5) is 22.0. The van der Waals surface area contributed by atoms with Crippen molar-refractivity contribution in [3.05, 3.63) is 18.0 Å². The third-order valence-electron chi connectivity index (χ3n) is 3.09. The van der Waals surface area contributed by atoms with E-state index >= 15 is 0 Å². The number of carbonyl (C=O) groups is 1. The van der Waals surface area contributed by atoms with Crippen molar-refractivity contribution in [3.8, 4) is 6.07 Å². The molecule has 0 aromatic carbocycles. The highest BCUT2D eigenvalue weighted by Gasteiger charge is 2.27. The van der Waals surface area contributed by atoms with E-state index in [9.17, 15) is 4.79 Å². The number of piperidine rings is 1. The Hall–Kier alpha value is -2.16. The first-order valence-corrected chi connectivity index (χ1v) is 6.38. The zero-order chi connectivity index (χ0) is 13.7. The zero-order valence-electron chi connectivity index (χ0n) is 10.9. The Morgan fingerprint density at radius 3 is 2.95 bits per heavy atom. The number of hydrogen-bond acceptors (Lipinski definition) is 6. The van der Waals surface area contributed by atoms with Gasteiger partial charge in [0.25, 0.3) is 0 Å². The average Bonchev–Trinajstić information content (AvgIpc) is 2.48. The molecule has 0 N–H and O–H groups in total. The molecule has 1 atom stereocenters. The van der Waals surface area contributed by atoms with E-state index in [4.69, 9.17) is 10.00 Å². The van der Waals surface area contributed by atoms with E-state index in [0.717, 1.165) is 19.4 Å². The topological polar surface area (TPSA) is 79.1 Å². The molecule has 0 bridgehead atoms. The number of ether oxygens (including phenoxy) is 1. The lowest BCUT2D eigenvalue weighted by Gasteiger charge is -2.31. The molecule has 2 heterocycles. The summed E-state index contributed by atoms with van der Waals surface area (Å²) in [5, 5.41) is 8.71. The maximum absolute atomic E-state index is 11.7. The van der Waals surface area contributed by atoms with Gasteiger partial charge >= 0.3 is 5.97 Å². The molecule has 1 fully saturated rings. The van der Waals surface area contributed by atoms with Crippen LogP contribution < -0.4 is 4.90 Å². The first-order valence-electron chi connectivity index (χ1n) is 6.38. The van der Waals surface area contributed by atoms with E-state index in [1.54, 1.807) is 0 Å². The van der Waals surface area contributed by atoms with Crippen LogP contribution in [0.2, 0.25) is 0 Å². The minimum Gasteiger partial charge on any atom is -0.466 e. The Bertz CT molecular complexity index is 480. The maximum atomic E-state index is 11.7. The molecule has 1 aliphatic heterocycles. The second-order valence-electron chi connectivity index (χ2n) is 4.42. The number of hydrogen-bond donors (Lipinski definition) is 0. The van der Waals surface area contributed by atoms with E-state index in [1.165, 1.54) is 12.4 Å². The molecule has 0 radical (unpaired) electrons. The van der Waals surface area contributed by atoms with Gasteiger partial charge in [0.05, 0.1) is 30.5 Å². The van der Waals surface area contributed by atoms with Crippen LogP contribution in [0.5, 0.6) is 0 Å². The molecule has 6 heteroatoms. The summed E-state index contributed by atoms with van der Waals surface area (Å²) in [6.45, 7) is 3.61. The molecule has 100 valence electrons. The normalized spacial score (nSPS) is 18.7. The van der Waals surface area contributed by atoms with Gasteiger partial charge in [-0.25, -0.2) is 9.97 Å². The molecule has 0 unspecified atom stereocenters. The lowest BCUT2D eigenvalue weighted by Crippen LogP contribution is -2.40. The fraction of sp³-hybridized carbons (Fsp3) is 0.538. The summed E-state index contributed by atoms with van der Waals surface area (Å²) < 4.78 is 5.05. The van der Waals surface area contributed by atoms with Crippen molar-refractivity contribution in [2.45, 2.75) is 19.8 Å². The molecular weight excluding hydrogens is 244 g/mol. The van der Waals surface area contributed by atoms with Gasteiger partial charge in [-0.1, -0.05) is 0 Å². The van der Waals surface area contributed by atoms with Crippen LogP contribution in [0.25, 0.3) is 0 Å². The number of rotatable bonds is 3. The third kappa shape index (κ3) is 3.19. The van der Waals surface area contributed by atoms with Crippen LogP contribution in [0.3, 0.4) is 0 Å². The van der Waals surface area contributed by atoms with Crippen LogP contribution in [-0.2, 0) is 9.53 Å². The average molecular weight is 260 g/mol. The van der Waals surface area contributed by atoms with E-state index in [2.05, 4.69) is 9.97 Å². The summed E-state index contributed by atoms with van der Waals surface area (Å²) in [5.74, 6) is 0.293. The van der Waals surface area contributed by atoms with Gasteiger partial charge in [-0.2, -0.15) is 5.26 Å². The van der Waals surface area contributed by atoms with Gasteiger partial charge in [0.15, 0.2) is 0 Å². The molecule has 19 heavy (non-hydrogen) atoms. The van der Waals surface area contributed by atoms with Gasteiger partial charge in [0, 0.05) is 13.1 Å². The van der Waals surface area contributed by atoms with Crippen molar-refractivity contribution in [2.24, 2.45) is 5.92 Å². The smallest absolute Gasteiger partial charge is 0.310 e. The second-order valence-corrected chi connectivity index (χ2v) is 4.42. The molecule has 0 saturated carbocycles. The first kappa shape index (κ1) is 13.3. The van der Waals surface area contributed by atoms with Crippen LogP contribution in [-0.4, -0.2) is 35.6 Å². The summed E-state index contributed by atoms with van der Waals surface area (Å²) in [5.41, 5.74) is 0.433. The van der Waals surface area contributed by atoms with Crippen LogP contribution in [0, 0.1) is 17.2 Å². The summed E-state index contributed by atoms with van der Waals surface area (Å²) in [7, 11) is 0. The van der Waals surface area contributed by atoms with Gasteiger partial charge in [0.1, 0.15) is 6.07 Å². The zero-order valence-corrected chi connectivity index (χ0v) is 10.9. The number of carbonyl (C=O) groups excluding carboxylic acids is 1. The maximum Gasteiger partial charge on any atom is 0.310 e. The predicted octanol–water partition coefficient (Wildman–Crippen LogP) is 1.13. The van der Waals surface area contributed by atoms with Gasteiger partial charge in [-0.05, 0) is 19.8 Å². The Balaban J connectivity index is 2.04. The van der Waals surface area contributed by atoms with Gasteiger partial charge < -0.3 is 9.64 Å². The number of nitrogens with zero attached hydrogens (tertiary/aromatic N) is 4. The van der Waals surface area contributed by atoms with Crippen molar-refractivity contribution in [3.63, 3.8) is 0 Å². The molecule has 0 aliphatic carbocycles. The van der Waals surface area contributed by atoms with E-state index in [1.807, 2.05) is 17.9 Å². The summed E-state index contributed by atoms with van der Waals surface area (Å²) in [6.07, 6.45) is 4.74. The fourth-order valence-electron chi connectivity index (χ4n) is 2.15. The molecule has 1 aromatic heterocycles. The number of esters is 1. The van der Waals surface area contributed by atoms with Crippen molar-refractivity contribution in [1.29, 1.82) is 5.26 Å². The molecule has 2 rings (SSSR count). The third-order valence-corrected chi connectivity index (χ3v) is 3.09. The summed E-state index contributed by atoms with van der Waals surface area (Å²) >= 11 is 0. The molecule has 0 amide bonds. The molecule has 1 aromatic rings. The van der Waals surface area contributed by atoms with E-state index in [0.29, 0.717) is 24.7 Å². The minimum absolute atomic E-state index is 0.118. The largest absolute Gasteiger partial charge is 0.466 e. The number of anilines is 1. The number of aromatic nitrogens is 2. The van der Waals surface area contributed by atoms with Gasteiger partial charge in [0.2, 0.25) is 5.95 Å². The van der Waals surface area contributed by atoms with Gasteiger partial charge in [-0.15, -0.1) is 0 Å². The number of nitriles is 1. The van der Waals surface area contributed by atoms with Crippen molar-refractivity contribution < 1.29 is 9.53 Å². The Morgan fingerprint density at radius 2 is 2.32 bits per heavy atom. The van der Waals surface area contributed by atoms with Gasteiger partial charge in [-0.3, -0.25) is 4.79 Å². The van der Waals surface area contributed by atoms with E-state index in [-0.39, 0.29) is 11.9 Å². The summed E-state index contributed by atoms with van der Waals surface area (Å²) in [6, 6.07) is 1.98. The van der Waals surface area contributed by atoms with E-state index < -0.39 is 0 Å². The van der Waals surface area contributed by atoms with Crippen LogP contribution >= 0.6 is 0 Å². The van der Waals surface area contributed by atoms with Crippen molar-refractivity contribution in [1.82, 2.24) is 9.97 Å². The quantitative estimate of drug-likeness (QED) is 0.758. The first-order chi connectivity index (χ1) is 9.24. The SMILES string of the molecule is CCOC(=O)[C@@H]1CCCN(c2ncc(C#N)cn2)C1. The Kier molecular flexibility index (Phi) is 4.29. The molecule has 1 aliphatic rings. The van der Waals surface area contributed by atoms with Crippen molar-refractivity contribution >= 4 is 11.9 Å². The predicted molar refractivity (Wildman–Crippen MR) is 68.3 cm³/mol. The second kappa shape index (κ2) is 6.14. The van der Waals surface area contributed by atoms with Crippen LogP contribution in [0.15, 0.2) is 12.4 Å². The van der Waals surface area contributed by atoms with Crippen molar-refractivity contribution in [2.75, 3.05) is 24.6 Å². The fourth-order valence-corrected chi connectivity index (χ4v) is 2.15.